The molecule has 0 aliphatic rings. The van der Waals surface area contributed by atoms with Gasteiger partial charge >= 0.3 is 0 Å². The normalized spacial score (nSPS) is 11.7. The van der Waals surface area contributed by atoms with Crippen molar-refractivity contribution in [1.82, 2.24) is 15.2 Å². The number of H-pyrrole nitrogens is 1. The molecule has 186 valence electrons. The van der Waals surface area contributed by atoms with Crippen molar-refractivity contribution < 1.29 is 13.9 Å². The molecule has 0 unspecified atom stereocenters. The molecule has 1 heterocycles. The summed E-state index contributed by atoms with van der Waals surface area (Å²) in [6.45, 7) is 2.68. The van der Waals surface area contributed by atoms with Crippen LogP contribution >= 0.6 is 12.2 Å². The number of benzene rings is 3. The molecule has 0 saturated heterocycles. The van der Waals surface area contributed by atoms with Crippen LogP contribution in [0.2, 0.25) is 0 Å². The number of rotatable bonds is 8. The van der Waals surface area contributed by atoms with Gasteiger partial charge in [0.15, 0.2) is 16.6 Å². The van der Waals surface area contributed by atoms with E-state index in [0.29, 0.717) is 34.2 Å². The smallest absolute Gasteiger partial charge is 0.253 e. The Labute approximate surface area is 214 Å². The van der Waals surface area contributed by atoms with Gasteiger partial charge in [-0.1, -0.05) is 42.5 Å². The van der Waals surface area contributed by atoms with Crippen molar-refractivity contribution in [3.05, 3.63) is 106 Å². The van der Waals surface area contributed by atoms with E-state index < -0.39 is 0 Å². The topological polar surface area (TPSA) is 66.6 Å². The van der Waals surface area contributed by atoms with Crippen LogP contribution in [0, 0.1) is 5.82 Å². The highest BCUT2D eigenvalue weighted by molar-refractivity contribution is 7.80. The lowest BCUT2D eigenvalue weighted by Crippen LogP contribution is -2.41. The van der Waals surface area contributed by atoms with Crippen LogP contribution in [0.3, 0.4) is 0 Å². The number of methoxy groups -OCH3 is 2. The molecule has 0 radical (unpaired) electrons. The van der Waals surface area contributed by atoms with Crippen LogP contribution < -0.4 is 20.3 Å². The van der Waals surface area contributed by atoms with Gasteiger partial charge in [0.2, 0.25) is 0 Å². The van der Waals surface area contributed by atoms with Crippen molar-refractivity contribution in [2.75, 3.05) is 14.2 Å². The first kappa shape index (κ1) is 25.2. The Morgan fingerprint density at radius 1 is 1.00 bits per heavy atom. The number of aromatic nitrogens is 1. The van der Waals surface area contributed by atoms with Crippen LogP contribution in [-0.4, -0.2) is 29.2 Å². The van der Waals surface area contributed by atoms with Gasteiger partial charge in [-0.05, 0) is 54.5 Å². The molecule has 0 spiro atoms. The first-order chi connectivity index (χ1) is 17.4. The van der Waals surface area contributed by atoms with Gasteiger partial charge in [0.05, 0.1) is 32.3 Å². The molecule has 2 N–H and O–H groups in total. The molecule has 0 aliphatic heterocycles. The summed E-state index contributed by atoms with van der Waals surface area (Å²) in [7, 11) is 3.12. The molecule has 0 amide bonds. The molecule has 36 heavy (non-hydrogen) atoms. The van der Waals surface area contributed by atoms with Crippen molar-refractivity contribution in [2.24, 2.45) is 0 Å². The van der Waals surface area contributed by atoms with E-state index in [4.69, 9.17) is 21.7 Å². The van der Waals surface area contributed by atoms with E-state index in [1.54, 1.807) is 32.4 Å². The predicted octanol–water partition coefficient (Wildman–Crippen LogP) is 5.32. The first-order valence-electron chi connectivity index (χ1n) is 11.5. The Kier molecular flexibility index (Phi) is 7.85. The Morgan fingerprint density at radius 2 is 1.67 bits per heavy atom. The third-order valence-electron chi connectivity index (χ3n) is 6.00. The van der Waals surface area contributed by atoms with Gasteiger partial charge in [0.1, 0.15) is 5.82 Å². The maximum Gasteiger partial charge on any atom is 0.253 e. The highest BCUT2D eigenvalue weighted by atomic mass is 32.1. The number of thiocarbonyl (C=S) groups is 1. The van der Waals surface area contributed by atoms with E-state index in [-0.39, 0.29) is 24.0 Å². The summed E-state index contributed by atoms with van der Waals surface area (Å²) in [5, 5.41) is 4.67. The standard InChI is InChI=1S/C28H28FN3O3S/c1-18(20-7-5-4-6-8-20)30-28(36)32(16-19-9-11-23(29)12-10-19)17-22-13-21-14-25(34-2)26(35-3)15-24(21)31-27(22)33/h4-15,18H,16-17H2,1-3H3,(H,30,36)(H,31,33)/t18-/m0/s1. The molecule has 1 aromatic heterocycles. The summed E-state index contributed by atoms with van der Waals surface area (Å²) in [6, 6.07) is 21.6. The molecule has 0 fully saturated rings. The molecule has 0 saturated carbocycles. The monoisotopic (exact) mass is 505 g/mol. The summed E-state index contributed by atoms with van der Waals surface area (Å²) in [5.41, 5.74) is 2.92. The Bertz CT molecular complexity index is 1410. The average molecular weight is 506 g/mol. The molecule has 4 rings (SSSR count). The fourth-order valence-electron chi connectivity index (χ4n) is 4.01. The average Bonchev–Trinajstić information content (AvgIpc) is 2.89. The number of pyridine rings is 1. The molecular weight excluding hydrogens is 477 g/mol. The minimum absolute atomic E-state index is 0.0407. The van der Waals surface area contributed by atoms with E-state index in [9.17, 15) is 9.18 Å². The summed E-state index contributed by atoms with van der Waals surface area (Å²) in [5.74, 6) is 0.797. The second-order valence-corrected chi connectivity index (χ2v) is 8.87. The third kappa shape index (κ3) is 5.83. The minimum Gasteiger partial charge on any atom is -0.493 e. The molecule has 4 aromatic rings. The molecule has 3 aromatic carbocycles. The van der Waals surface area contributed by atoms with Crippen LogP contribution in [0.4, 0.5) is 4.39 Å². The second-order valence-electron chi connectivity index (χ2n) is 8.48. The maximum absolute atomic E-state index is 13.5. The fraction of sp³-hybridized carbons (Fsp3) is 0.214. The fourth-order valence-corrected chi connectivity index (χ4v) is 4.32. The summed E-state index contributed by atoms with van der Waals surface area (Å²) < 4.78 is 24.3. The van der Waals surface area contributed by atoms with Gasteiger partial charge in [-0.2, -0.15) is 0 Å². The number of fused-ring (bicyclic) bond motifs is 1. The van der Waals surface area contributed by atoms with Gasteiger partial charge in [-0.3, -0.25) is 4.79 Å². The van der Waals surface area contributed by atoms with Crippen LogP contribution in [0.5, 0.6) is 11.5 Å². The van der Waals surface area contributed by atoms with Gasteiger partial charge in [-0.25, -0.2) is 4.39 Å². The number of nitrogens with one attached hydrogen (secondary N) is 2. The summed E-state index contributed by atoms with van der Waals surface area (Å²) >= 11 is 5.78. The zero-order valence-electron chi connectivity index (χ0n) is 20.4. The second kappa shape index (κ2) is 11.2. The molecule has 0 aliphatic carbocycles. The van der Waals surface area contributed by atoms with E-state index in [0.717, 1.165) is 16.5 Å². The van der Waals surface area contributed by atoms with E-state index >= 15 is 0 Å². The van der Waals surface area contributed by atoms with Crippen molar-refractivity contribution in [1.29, 1.82) is 0 Å². The van der Waals surface area contributed by atoms with E-state index in [1.807, 2.05) is 54.3 Å². The third-order valence-corrected chi connectivity index (χ3v) is 6.38. The highest BCUT2D eigenvalue weighted by Gasteiger charge is 2.17. The molecular formula is C28H28FN3O3S. The molecule has 8 heteroatoms. The van der Waals surface area contributed by atoms with E-state index in [2.05, 4.69) is 10.3 Å². The zero-order chi connectivity index (χ0) is 25.7. The Hall–Kier alpha value is -3.91. The molecule has 1 atom stereocenters. The number of halogens is 1. The quantitative estimate of drug-likeness (QED) is 0.316. The van der Waals surface area contributed by atoms with Crippen LogP contribution in [0.15, 0.2) is 77.6 Å². The van der Waals surface area contributed by atoms with Gasteiger partial charge in [0.25, 0.3) is 5.56 Å². The zero-order valence-corrected chi connectivity index (χ0v) is 21.2. The number of ether oxygens (including phenoxy) is 2. The van der Waals surface area contributed by atoms with Crippen molar-refractivity contribution >= 4 is 28.2 Å². The van der Waals surface area contributed by atoms with Gasteiger partial charge in [0, 0.05) is 23.6 Å². The van der Waals surface area contributed by atoms with E-state index in [1.165, 1.54) is 12.1 Å². The van der Waals surface area contributed by atoms with Crippen LogP contribution in [0.1, 0.15) is 29.7 Å². The number of nitrogens with zero attached hydrogens (tertiary/aromatic N) is 1. The highest BCUT2D eigenvalue weighted by Crippen LogP contribution is 2.31. The lowest BCUT2D eigenvalue weighted by atomic mass is 10.1. The number of aromatic amines is 1. The first-order valence-corrected chi connectivity index (χ1v) is 11.9. The Morgan fingerprint density at radius 3 is 2.33 bits per heavy atom. The number of hydrogen-bond acceptors (Lipinski definition) is 4. The predicted molar refractivity (Wildman–Crippen MR) is 144 cm³/mol. The summed E-state index contributed by atoms with van der Waals surface area (Å²) in [4.78, 5) is 17.9. The lowest BCUT2D eigenvalue weighted by molar-refractivity contribution is 0.355. The van der Waals surface area contributed by atoms with Crippen molar-refractivity contribution in [3.8, 4) is 11.5 Å². The molecule has 6 nitrogen and oxygen atoms in total. The Balaban J connectivity index is 1.65. The van der Waals surface area contributed by atoms with Crippen LogP contribution in [0.25, 0.3) is 10.9 Å². The number of hydrogen-bond donors (Lipinski definition) is 2. The minimum atomic E-state index is -0.306. The lowest BCUT2D eigenvalue weighted by Gasteiger charge is -2.28. The van der Waals surface area contributed by atoms with Gasteiger partial charge in [-0.15, -0.1) is 0 Å². The van der Waals surface area contributed by atoms with Crippen LogP contribution in [-0.2, 0) is 13.1 Å². The van der Waals surface area contributed by atoms with Gasteiger partial charge < -0.3 is 24.7 Å². The molecule has 0 bridgehead atoms. The largest absolute Gasteiger partial charge is 0.493 e. The summed E-state index contributed by atoms with van der Waals surface area (Å²) in [6.07, 6.45) is 0. The maximum atomic E-state index is 13.5. The SMILES string of the molecule is COc1cc2cc(CN(Cc3ccc(F)cc3)C(=S)N[C@@H](C)c3ccccc3)c(=O)[nH]c2cc1OC. The van der Waals surface area contributed by atoms with Crippen molar-refractivity contribution in [2.45, 2.75) is 26.1 Å². The van der Waals surface area contributed by atoms with Crippen molar-refractivity contribution in [3.63, 3.8) is 0 Å².